The Bertz CT molecular complexity index is 287. The molecule has 0 saturated heterocycles. The molecule has 0 unspecified atom stereocenters. The summed E-state index contributed by atoms with van der Waals surface area (Å²) in [7, 11) is 0. The van der Waals surface area contributed by atoms with Gasteiger partial charge in [-0.25, -0.2) is 4.79 Å². The summed E-state index contributed by atoms with van der Waals surface area (Å²) in [6.45, 7) is 6.61. The van der Waals surface area contributed by atoms with Crippen molar-refractivity contribution in [1.82, 2.24) is 10.6 Å². The topological polar surface area (TPSA) is 70.6 Å². The molecule has 1 aliphatic carbocycles. The van der Waals surface area contributed by atoms with Crippen molar-refractivity contribution < 1.29 is 14.6 Å². The minimum absolute atomic E-state index is 0.198. The summed E-state index contributed by atoms with van der Waals surface area (Å²) in [5, 5.41) is 16.0. The van der Waals surface area contributed by atoms with Crippen LogP contribution in [0, 0.1) is 5.92 Å². The van der Waals surface area contributed by atoms with Crippen molar-refractivity contribution >= 4 is 6.03 Å². The van der Waals surface area contributed by atoms with E-state index < -0.39 is 5.60 Å². The molecular formula is C16H32N2O3. The molecule has 2 amide bonds. The Kier molecular flexibility index (Phi) is 8.69. The highest BCUT2D eigenvalue weighted by Gasteiger charge is 2.28. The Morgan fingerprint density at radius 2 is 1.86 bits per heavy atom. The number of amides is 2. The van der Waals surface area contributed by atoms with E-state index in [2.05, 4.69) is 24.5 Å². The third kappa shape index (κ3) is 8.94. The van der Waals surface area contributed by atoms with E-state index in [0.29, 0.717) is 25.6 Å². The molecule has 0 aromatic carbocycles. The molecule has 0 aliphatic heterocycles. The predicted molar refractivity (Wildman–Crippen MR) is 84.3 cm³/mol. The molecule has 0 atom stereocenters. The predicted octanol–water partition coefficient (Wildman–Crippen LogP) is 2.43. The zero-order chi connectivity index (χ0) is 15.6. The number of nitrogens with one attached hydrogen (secondary N) is 2. The highest BCUT2D eigenvalue weighted by atomic mass is 16.5. The van der Waals surface area contributed by atoms with Crippen LogP contribution in [0.25, 0.3) is 0 Å². The number of hydrogen-bond acceptors (Lipinski definition) is 3. The average Bonchev–Trinajstić information content (AvgIpc) is 2.65. The van der Waals surface area contributed by atoms with Crippen molar-refractivity contribution in [1.29, 1.82) is 0 Å². The number of rotatable bonds is 8. The van der Waals surface area contributed by atoms with Crippen molar-refractivity contribution in [2.45, 2.75) is 64.4 Å². The third-order valence-corrected chi connectivity index (χ3v) is 3.81. The maximum atomic E-state index is 11.7. The molecule has 1 saturated carbocycles. The van der Waals surface area contributed by atoms with E-state index >= 15 is 0 Å². The largest absolute Gasteiger partial charge is 0.388 e. The number of hydrogen-bond donors (Lipinski definition) is 3. The summed E-state index contributed by atoms with van der Waals surface area (Å²) in [5.74, 6) is 0.543. The molecule has 1 fully saturated rings. The van der Waals surface area contributed by atoms with Crippen molar-refractivity contribution in [2.75, 3.05) is 26.3 Å². The van der Waals surface area contributed by atoms with E-state index in [1.54, 1.807) is 0 Å². The minimum Gasteiger partial charge on any atom is -0.388 e. The van der Waals surface area contributed by atoms with Gasteiger partial charge in [0.05, 0.1) is 5.60 Å². The number of ether oxygens (including phenoxy) is 1. The van der Waals surface area contributed by atoms with Gasteiger partial charge in [0.2, 0.25) is 0 Å². The van der Waals surface area contributed by atoms with Gasteiger partial charge in [-0.1, -0.05) is 39.5 Å². The van der Waals surface area contributed by atoms with Crippen LogP contribution in [0.3, 0.4) is 0 Å². The van der Waals surface area contributed by atoms with Crippen LogP contribution in [0.2, 0.25) is 0 Å². The maximum Gasteiger partial charge on any atom is 0.314 e. The number of carbonyl (C=O) groups excluding carboxylic acids is 1. The smallest absolute Gasteiger partial charge is 0.314 e. The molecule has 5 heteroatoms. The van der Waals surface area contributed by atoms with Gasteiger partial charge in [0, 0.05) is 26.3 Å². The van der Waals surface area contributed by atoms with E-state index in [9.17, 15) is 9.90 Å². The zero-order valence-electron chi connectivity index (χ0n) is 13.6. The molecular weight excluding hydrogens is 268 g/mol. The van der Waals surface area contributed by atoms with E-state index in [1.165, 1.54) is 12.8 Å². The maximum absolute atomic E-state index is 11.7. The molecule has 0 aromatic rings. The lowest BCUT2D eigenvalue weighted by atomic mass is 9.95. The monoisotopic (exact) mass is 300 g/mol. The first kappa shape index (κ1) is 18.2. The summed E-state index contributed by atoms with van der Waals surface area (Å²) in [6, 6.07) is -0.198. The van der Waals surface area contributed by atoms with Crippen LogP contribution in [0.1, 0.15) is 58.8 Å². The standard InChI is InChI=1S/C16H32N2O3/c1-14(2)12-21-11-7-10-17-15(19)18-13-16(20)8-5-3-4-6-9-16/h14,20H,3-13H2,1-2H3,(H2,17,18,19). The van der Waals surface area contributed by atoms with E-state index in [1.807, 2.05) is 0 Å². The van der Waals surface area contributed by atoms with Gasteiger partial charge < -0.3 is 20.5 Å². The Hall–Kier alpha value is -0.810. The van der Waals surface area contributed by atoms with E-state index in [4.69, 9.17) is 4.74 Å². The van der Waals surface area contributed by atoms with Crippen LogP contribution in [0.4, 0.5) is 4.79 Å². The summed E-state index contributed by atoms with van der Waals surface area (Å²) < 4.78 is 5.45. The molecule has 124 valence electrons. The van der Waals surface area contributed by atoms with Gasteiger partial charge in [0.25, 0.3) is 0 Å². The summed E-state index contributed by atoms with van der Waals surface area (Å²) >= 11 is 0. The second-order valence-electron chi connectivity index (χ2n) is 6.57. The van der Waals surface area contributed by atoms with Gasteiger partial charge in [-0.15, -0.1) is 0 Å². The fourth-order valence-corrected chi connectivity index (χ4v) is 2.57. The van der Waals surface area contributed by atoms with Crippen LogP contribution < -0.4 is 10.6 Å². The van der Waals surface area contributed by atoms with E-state index in [0.717, 1.165) is 38.7 Å². The van der Waals surface area contributed by atoms with Crippen molar-refractivity contribution in [3.05, 3.63) is 0 Å². The Balaban J connectivity index is 2.05. The molecule has 0 bridgehead atoms. The molecule has 3 N–H and O–H groups in total. The first-order valence-corrected chi connectivity index (χ1v) is 8.34. The van der Waals surface area contributed by atoms with Gasteiger partial charge >= 0.3 is 6.03 Å². The second kappa shape index (κ2) is 10.0. The first-order chi connectivity index (χ1) is 10.0. The third-order valence-electron chi connectivity index (χ3n) is 3.81. The van der Waals surface area contributed by atoms with Gasteiger partial charge in [0.15, 0.2) is 0 Å². The van der Waals surface area contributed by atoms with Crippen LogP contribution in [-0.4, -0.2) is 43.0 Å². The molecule has 5 nitrogen and oxygen atoms in total. The van der Waals surface area contributed by atoms with Crippen LogP contribution >= 0.6 is 0 Å². The van der Waals surface area contributed by atoms with E-state index in [-0.39, 0.29) is 6.03 Å². The molecule has 0 spiro atoms. The fraction of sp³-hybridized carbons (Fsp3) is 0.938. The van der Waals surface area contributed by atoms with Crippen LogP contribution in [0.5, 0.6) is 0 Å². The lowest BCUT2D eigenvalue weighted by Gasteiger charge is -2.26. The molecule has 0 radical (unpaired) electrons. The highest BCUT2D eigenvalue weighted by Crippen LogP contribution is 2.26. The number of carbonyl (C=O) groups is 1. The summed E-state index contributed by atoms with van der Waals surface area (Å²) in [6.07, 6.45) is 6.85. The Morgan fingerprint density at radius 3 is 2.48 bits per heavy atom. The molecule has 1 aliphatic rings. The fourth-order valence-electron chi connectivity index (χ4n) is 2.57. The lowest BCUT2D eigenvalue weighted by molar-refractivity contribution is 0.0276. The zero-order valence-corrected chi connectivity index (χ0v) is 13.6. The van der Waals surface area contributed by atoms with Gasteiger partial charge in [-0.3, -0.25) is 0 Å². The van der Waals surface area contributed by atoms with Gasteiger partial charge in [-0.2, -0.15) is 0 Å². The second-order valence-corrected chi connectivity index (χ2v) is 6.57. The van der Waals surface area contributed by atoms with Gasteiger partial charge in [-0.05, 0) is 25.2 Å². The molecule has 1 rings (SSSR count). The molecule has 0 aromatic heterocycles. The van der Waals surface area contributed by atoms with Crippen molar-refractivity contribution in [3.63, 3.8) is 0 Å². The van der Waals surface area contributed by atoms with Crippen LogP contribution in [0.15, 0.2) is 0 Å². The quantitative estimate of drug-likeness (QED) is 0.476. The first-order valence-electron chi connectivity index (χ1n) is 8.34. The number of aliphatic hydroxyl groups is 1. The Labute approximate surface area is 128 Å². The normalized spacial score (nSPS) is 18.3. The molecule has 21 heavy (non-hydrogen) atoms. The van der Waals surface area contributed by atoms with Gasteiger partial charge in [0.1, 0.15) is 0 Å². The summed E-state index contributed by atoms with van der Waals surface area (Å²) in [4.78, 5) is 11.7. The SMILES string of the molecule is CC(C)COCCCNC(=O)NCC1(O)CCCCCC1. The average molecular weight is 300 g/mol. The highest BCUT2D eigenvalue weighted by molar-refractivity contribution is 5.73. The number of urea groups is 1. The van der Waals surface area contributed by atoms with Crippen molar-refractivity contribution in [3.8, 4) is 0 Å². The Morgan fingerprint density at radius 1 is 1.19 bits per heavy atom. The lowest BCUT2D eigenvalue weighted by Crippen LogP contribution is -2.46. The molecule has 0 heterocycles. The van der Waals surface area contributed by atoms with Crippen LogP contribution in [-0.2, 0) is 4.74 Å². The summed E-state index contributed by atoms with van der Waals surface area (Å²) in [5.41, 5.74) is -0.714. The van der Waals surface area contributed by atoms with Crippen molar-refractivity contribution in [2.24, 2.45) is 5.92 Å². The minimum atomic E-state index is -0.714.